The van der Waals surface area contributed by atoms with Gasteiger partial charge in [-0.15, -0.1) is 0 Å². The Balaban J connectivity index is 1.56. The Hall–Kier alpha value is -2.73. The summed E-state index contributed by atoms with van der Waals surface area (Å²) in [4.78, 5) is 25.2. The Bertz CT molecular complexity index is 768. The van der Waals surface area contributed by atoms with E-state index >= 15 is 0 Å². The van der Waals surface area contributed by atoms with Crippen LogP contribution in [0.3, 0.4) is 0 Å². The molecule has 2 aromatic carbocycles. The molecule has 26 heavy (non-hydrogen) atoms. The van der Waals surface area contributed by atoms with Gasteiger partial charge in [0.2, 0.25) is 0 Å². The fourth-order valence-electron chi connectivity index (χ4n) is 3.24. The van der Waals surface area contributed by atoms with Crippen molar-refractivity contribution < 1.29 is 9.72 Å². The van der Waals surface area contributed by atoms with E-state index in [4.69, 9.17) is 0 Å². The van der Waals surface area contributed by atoms with Gasteiger partial charge in [0.15, 0.2) is 0 Å². The SMILES string of the molecule is O=C(NCc1ccc(CN2CCCCC2)cc1)c1ccccc1[N+](=O)[O-]. The summed E-state index contributed by atoms with van der Waals surface area (Å²) < 4.78 is 0. The lowest BCUT2D eigenvalue weighted by molar-refractivity contribution is -0.385. The van der Waals surface area contributed by atoms with Gasteiger partial charge in [0.25, 0.3) is 11.6 Å². The van der Waals surface area contributed by atoms with Crippen LogP contribution in [0, 0.1) is 10.1 Å². The summed E-state index contributed by atoms with van der Waals surface area (Å²) in [7, 11) is 0. The molecule has 6 nitrogen and oxygen atoms in total. The van der Waals surface area contributed by atoms with E-state index in [2.05, 4.69) is 22.3 Å². The topological polar surface area (TPSA) is 75.5 Å². The Kier molecular flexibility index (Phi) is 5.96. The third kappa shape index (κ3) is 4.67. The Labute approximate surface area is 153 Å². The molecule has 0 aliphatic carbocycles. The average Bonchev–Trinajstić information content (AvgIpc) is 2.68. The standard InChI is InChI=1S/C20H23N3O3/c24-20(18-6-2-3-7-19(18)23(25)26)21-14-16-8-10-17(11-9-16)15-22-12-4-1-5-13-22/h2-3,6-11H,1,4-5,12-15H2,(H,21,24). The molecular weight excluding hydrogens is 330 g/mol. The number of nitrogens with one attached hydrogen (secondary N) is 1. The van der Waals surface area contributed by atoms with E-state index in [1.165, 1.54) is 37.0 Å². The summed E-state index contributed by atoms with van der Waals surface area (Å²) in [5.41, 5.74) is 2.14. The van der Waals surface area contributed by atoms with Gasteiger partial charge in [-0.3, -0.25) is 19.8 Å². The molecule has 1 amide bonds. The van der Waals surface area contributed by atoms with Gasteiger partial charge in [0.1, 0.15) is 5.56 Å². The van der Waals surface area contributed by atoms with Crippen molar-refractivity contribution in [3.05, 3.63) is 75.3 Å². The van der Waals surface area contributed by atoms with Crippen LogP contribution in [0.15, 0.2) is 48.5 Å². The van der Waals surface area contributed by atoms with Crippen LogP contribution in [0.2, 0.25) is 0 Å². The minimum Gasteiger partial charge on any atom is -0.348 e. The van der Waals surface area contributed by atoms with Crippen molar-refractivity contribution in [1.82, 2.24) is 10.2 Å². The number of rotatable bonds is 6. The van der Waals surface area contributed by atoms with Crippen molar-refractivity contribution in [2.24, 2.45) is 0 Å². The van der Waals surface area contributed by atoms with Gasteiger partial charge in [-0.2, -0.15) is 0 Å². The lowest BCUT2D eigenvalue weighted by atomic mass is 10.1. The molecule has 6 heteroatoms. The molecule has 3 rings (SSSR count). The summed E-state index contributed by atoms with van der Waals surface area (Å²) in [6, 6.07) is 14.1. The third-order valence-corrected chi connectivity index (χ3v) is 4.68. The molecule has 1 fully saturated rings. The van der Waals surface area contributed by atoms with Crippen molar-refractivity contribution in [3.63, 3.8) is 0 Å². The summed E-state index contributed by atoms with van der Waals surface area (Å²) >= 11 is 0. The molecule has 0 bridgehead atoms. The maximum Gasteiger partial charge on any atom is 0.282 e. The lowest BCUT2D eigenvalue weighted by Gasteiger charge is -2.26. The van der Waals surface area contributed by atoms with Crippen LogP contribution in [0.4, 0.5) is 5.69 Å². The van der Waals surface area contributed by atoms with Crippen LogP contribution >= 0.6 is 0 Å². The van der Waals surface area contributed by atoms with Crippen LogP contribution in [0.1, 0.15) is 40.7 Å². The van der Waals surface area contributed by atoms with E-state index in [9.17, 15) is 14.9 Å². The highest BCUT2D eigenvalue weighted by molar-refractivity contribution is 5.98. The number of nitrogens with zero attached hydrogens (tertiary/aromatic N) is 2. The number of piperidine rings is 1. The number of amides is 1. The number of para-hydroxylation sites is 1. The molecule has 1 saturated heterocycles. The zero-order valence-electron chi connectivity index (χ0n) is 14.7. The molecule has 1 aliphatic heterocycles. The third-order valence-electron chi connectivity index (χ3n) is 4.68. The van der Waals surface area contributed by atoms with Crippen LogP contribution in [0.25, 0.3) is 0 Å². The fourth-order valence-corrected chi connectivity index (χ4v) is 3.24. The first kappa shape index (κ1) is 18.1. The van der Waals surface area contributed by atoms with Gasteiger partial charge < -0.3 is 5.32 Å². The van der Waals surface area contributed by atoms with Crippen molar-refractivity contribution in [1.29, 1.82) is 0 Å². The zero-order chi connectivity index (χ0) is 18.4. The van der Waals surface area contributed by atoms with Gasteiger partial charge in [-0.25, -0.2) is 0 Å². The molecule has 0 saturated carbocycles. The minimum absolute atomic E-state index is 0.0826. The fraction of sp³-hybridized carbons (Fsp3) is 0.350. The second kappa shape index (κ2) is 8.58. The average molecular weight is 353 g/mol. The molecule has 2 aromatic rings. The Morgan fingerprint density at radius 1 is 1.00 bits per heavy atom. The van der Waals surface area contributed by atoms with Crippen LogP contribution < -0.4 is 5.32 Å². The molecule has 0 atom stereocenters. The molecule has 0 aromatic heterocycles. The number of carbonyl (C=O) groups excluding carboxylic acids is 1. The summed E-state index contributed by atoms with van der Waals surface area (Å²) in [5, 5.41) is 13.8. The molecule has 1 aliphatic rings. The first-order valence-electron chi connectivity index (χ1n) is 8.95. The van der Waals surface area contributed by atoms with Crippen LogP contribution in [0.5, 0.6) is 0 Å². The molecular formula is C20H23N3O3. The Morgan fingerprint density at radius 2 is 1.65 bits per heavy atom. The Morgan fingerprint density at radius 3 is 2.35 bits per heavy atom. The van der Waals surface area contributed by atoms with E-state index in [1.807, 2.05) is 12.1 Å². The molecule has 0 spiro atoms. The van der Waals surface area contributed by atoms with Crippen LogP contribution in [-0.2, 0) is 13.1 Å². The van der Waals surface area contributed by atoms with Crippen molar-refractivity contribution in [2.75, 3.05) is 13.1 Å². The number of hydrogen-bond acceptors (Lipinski definition) is 4. The first-order valence-corrected chi connectivity index (χ1v) is 8.95. The maximum atomic E-state index is 12.3. The summed E-state index contributed by atoms with van der Waals surface area (Å²) in [6.07, 6.45) is 3.88. The van der Waals surface area contributed by atoms with Crippen LogP contribution in [-0.4, -0.2) is 28.8 Å². The molecule has 136 valence electrons. The molecule has 0 radical (unpaired) electrons. The number of carbonyl (C=O) groups is 1. The van der Waals surface area contributed by atoms with E-state index in [1.54, 1.807) is 12.1 Å². The van der Waals surface area contributed by atoms with Crippen molar-refractivity contribution >= 4 is 11.6 Å². The van der Waals surface area contributed by atoms with Gasteiger partial charge in [-0.1, -0.05) is 42.8 Å². The number of nitro benzene ring substituents is 1. The number of nitro groups is 1. The van der Waals surface area contributed by atoms with E-state index < -0.39 is 10.8 Å². The second-order valence-electron chi connectivity index (χ2n) is 6.61. The minimum atomic E-state index is -0.537. The predicted molar refractivity (Wildman–Crippen MR) is 99.8 cm³/mol. The molecule has 1 N–H and O–H groups in total. The normalized spacial score (nSPS) is 14.8. The molecule has 0 unspecified atom stereocenters. The van der Waals surface area contributed by atoms with Crippen molar-refractivity contribution in [3.8, 4) is 0 Å². The maximum absolute atomic E-state index is 12.3. The van der Waals surface area contributed by atoms with Gasteiger partial charge in [-0.05, 0) is 43.1 Å². The molecule has 1 heterocycles. The van der Waals surface area contributed by atoms with Gasteiger partial charge in [0, 0.05) is 19.2 Å². The lowest BCUT2D eigenvalue weighted by Crippen LogP contribution is -2.29. The number of hydrogen-bond donors (Lipinski definition) is 1. The zero-order valence-corrected chi connectivity index (χ0v) is 14.7. The highest BCUT2D eigenvalue weighted by Crippen LogP contribution is 2.18. The predicted octanol–water partition coefficient (Wildman–Crippen LogP) is 3.51. The highest BCUT2D eigenvalue weighted by Gasteiger charge is 2.18. The largest absolute Gasteiger partial charge is 0.348 e. The van der Waals surface area contributed by atoms with E-state index in [0.29, 0.717) is 6.54 Å². The monoisotopic (exact) mass is 353 g/mol. The number of benzene rings is 2. The van der Waals surface area contributed by atoms with Gasteiger partial charge >= 0.3 is 0 Å². The smallest absolute Gasteiger partial charge is 0.282 e. The summed E-state index contributed by atoms with van der Waals surface area (Å²) in [5.74, 6) is -0.435. The summed E-state index contributed by atoms with van der Waals surface area (Å²) in [6.45, 7) is 3.62. The van der Waals surface area contributed by atoms with Gasteiger partial charge in [0.05, 0.1) is 4.92 Å². The second-order valence-corrected chi connectivity index (χ2v) is 6.61. The van der Waals surface area contributed by atoms with E-state index in [-0.39, 0.29) is 11.3 Å². The first-order chi connectivity index (χ1) is 12.6. The highest BCUT2D eigenvalue weighted by atomic mass is 16.6. The quantitative estimate of drug-likeness (QED) is 0.637. The van der Waals surface area contributed by atoms with Crippen molar-refractivity contribution in [2.45, 2.75) is 32.4 Å². The van der Waals surface area contributed by atoms with E-state index in [0.717, 1.165) is 25.2 Å². The number of likely N-dealkylation sites (tertiary alicyclic amines) is 1.